The van der Waals surface area contributed by atoms with Crippen LogP contribution in [-0.4, -0.2) is 49.9 Å². The molecule has 0 unspecified atom stereocenters. The lowest BCUT2D eigenvalue weighted by molar-refractivity contribution is 0.0730. The number of carbonyl (C=O) groups is 1. The number of aryl methyl sites for hydroxylation is 1. The third-order valence-corrected chi connectivity index (χ3v) is 7.30. The lowest BCUT2D eigenvalue weighted by atomic mass is 10.2. The molecule has 162 valence electrons. The molecule has 1 fully saturated rings. The van der Waals surface area contributed by atoms with Crippen molar-refractivity contribution in [2.75, 3.05) is 31.6 Å². The van der Waals surface area contributed by atoms with Crippen LogP contribution in [0, 0.1) is 6.92 Å². The van der Waals surface area contributed by atoms with Crippen molar-refractivity contribution in [1.29, 1.82) is 0 Å². The summed E-state index contributed by atoms with van der Waals surface area (Å²) in [5, 5.41) is 5.16. The van der Waals surface area contributed by atoms with Gasteiger partial charge in [0.25, 0.3) is 5.91 Å². The fourth-order valence-electron chi connectivity index (χ4n) is 3.06. The second-order valence-corrected chi connectivity index (χ2v) is 9.80. The number of nitrogens with zero attached hydrogens (tertiary/aromatic N) is 2. The van der Waals surface area contributed by atoms with Crippen LogP contribution in [0.1, 0.15) is 15.5 Å². The number of anilines is 1. The second-order valence-electron chi connectivity index (χ2n) is 6.80. The number of thiazole rings is 1. The number of nitrogens with one attached hydrogen (secondary N) is 1. The average Bonchev–Trinajstić information content (AvgIpc) is 3.22. The molecule has 3 aromatic rings. The van der Waals surface area contributed by atoms with E-state index in [2.05, 4.69) is 10.3 Å². The molecule has 0 spiro atoms. The summed E-state index contributed by atoms with van der Waals surface area (Å²) < 4.78 is 38.7. The van der Waals surface area contributed by atoms with Gasteiger partial charge in [-0.1, -0.05) is 18.2 Å². The van der Waals surface area contributed by atoms with Gasteiger partial charge in [0.2, 0.25) is 10.0 Å². The SMILES string of the molecule is Cc1nc(C(=O)Nc2cc(S(=O)(=O)N3CCOCC3)ccc2Oc2ccccc2)cs1. The molecule has 2 heterocycles. The topological polar surface area (TPSA) is 97.8 Å². The van der Waals surface area contributed by atoms with Gasteiger partial charge in [-0.05, 0) is 37.3 Å². The molecule has 31 heavy (non-hydrogen) atoms. The molecule has 2 aromatic carbocycles. The summed E-state index contributed by atoms with van der Waals surface area (Å²) in [6.45, 7) is 3.07. The maximum atomic E-state index is 13.1. The number of benzene rings is 2. The molecule has 1 amide bonds. The Morgan fingerprint density at radius 2 is 1.90 bits per heavy atom. The van der Waals surface area contributed by atoms with Gasteiger partial charge in [0.1, 0.15) is 11.4 Å². The van der Waals surface area contributed by atoms with E-state index in [1.54, 1.807) is 30.5 Å². The van der Waals surface area contributed by atoms with Crippen LogP contribution < -0.4 is 10.1 Å². The Morgan fingerprint density at radius 3 is 2.58 bits per heavy atom. The zero-order valence-electron chi connectivity index (χ0n) is 16.8. The highest BCUT2D eigenvalue weighted by molar-refractivity contribution is 7.89. The van der Waals surface area contributed by atoms with Crippen LogP contribution in [0.4, 0.5) is 5.69 Å². The molecule has 8 nitrogen and oxygen atoms in total. The first-order valence-electron chi connectivity index (χ1n) is 9.62. The first-order valence-corrected chi connectivity index (χ1v) is 11.9. The molecule has 0 radical (unpaired) electrons. The number of para-hydroxylation sites is 1. The van der Waals surface area contributed by atoms with Crippen LogP contribution in [0.15, 0.2) is 58.8 Å². The van der Waals surface area contributed by atoms with Crippen LogP contribution in [-0.2, 0) is 14.8 Å². The van der Waals surface area contributed by atoms with Gasteiger partial charge >= 0.3 is 0 Å². The Balaban J connectivity index is 1.68. The smallest absolute Gasteiger partial charge is 0.275 e. The molecular weight excluding hydrogens is 438 g/mol. The number of morpholine rings is 1. The Bertz CT molecular complexity index is 1170. The van der Waals surface area contributed by atoms with Gasteiger partial charge in [0.05, 0.1) is 28.8 Å². The summed E-state index contributed by atoms with van der Waals surface area (Å²) in [6.07, 6.45) is 0. The number of aromatic nitrogens is 1. The summed E-state index contributed by atoms with van der Waals surface area (Å²) >= 11 is 1.36. The largest absolute Gasteiger partial charge is 0.455 e. The summed E-state index contributed by atoms with van der Waals surface area (Å²) in [6, 6.07) is 13.5. The molecule has 1 saturated heterocycles. The summed E-state index contributed by atoms with van der Waals surface area (Å²) in [7, 11) is -3.74. The fraction of sp³-hybridized carbons (Fsp3) is 0.238. The van der Waals surface area contributed by atoms with E-state index in [0.29, 0.717) is 24.7 Å². The van der Waals surface area contributed by atoms with Crippen LogP contribution in [0.3, 0.4) is 0 Å². The molecule has 0 atom stereocenters. The lowest BCUT2D eigenvalue weighted by Gasteiger charge is -2.26. The highest BCUT2D eigenvalue weighted by Crippen LogP contribution is 2.33. The molecule has 4 rings (SSSR count). The van der Waals surface area contributed by atoms with Gasteiger partial charge in [-0.3, -0.25) is 4.79 Å². The van der Waals surface area contributed by atoms with E-state index in [9.17, 15) is 13.2 Å². The minimum Gasteiger partial charge on any atom is -0.455 e. The molecule has 10 heteroatoms. The summed E-state index contributed by atoms with van der Waals surface area (Å²) in [4.78, 5) is 17.0. The monoisotopic (exact) mass is 459 g/mol. The Morgan fingerprint density at radius 1 is 1.16 bits per heavy atom. The van der Waals surface area contributed by atoms with Crippen molar-refractivity contribution >= 4 is 33.0 Å². The van der Waals surface area contributed by atoms with Gasteiger partial charge in [0, 0.05) is 18.5 Å². The predicted molar refractivity (Wildman–Crippen MR) is 117 cm³/mol. The average molecular weight is 460 g/mol. The third kappa shape index (κ3) is 4.93. The third-order valence-electron chi connectivity index (χ3n) is 4.63. The first-order chi connectivity index (χ1) is 14.9. The highest BCUT2D eigenvalue weighted by Gasteiger charge is 2.27. The number of carbonyl (C=O) groups excluding carboxylic acids is 1. The molecule has 0 aliphatic carbocycles. The zero-order valence-corrected chi connectivity index (χ0v) is 18.4. The Kier molecular flexibility index (Phi) is 6.33. The van der Waals surface area contributed by atoms with Gasteiger partial charge in [-0.25, -0.2) is 13.4 Å². The van der Waals surface area contributed by atoms with Crippen molar-refractivity contribution in [2.45, 2.75) is 11.8 Å². The maximum absolute atomic E-state index is 13.1. The van der Waals surface area contributed by atoms with Crippen LogP contribution in [0.25, 0.3) is 0 Å². The molecule has 1 aliphatic rings. The van der Waals surface area contributed by atoms with Crippen molar-refractivity contribution in [3.05, 3.63) is 64.6 Å². The predicted octanol–water partition coefficient (Wildman–Crippen LogP) is 3.52. The van der Waals surface area contributed by atoms with E-state index in [1.807, 2.05) is 18.2 Å². The molecule has 1 N–H and O–H groups in total. The normalized spacial score (nSPS) is 14.9. The number of ether oxygens (including phenoxy) is 2. The quantitative estimate of drug-likeness (QED) is 0.606. The Hall–Kier alpha value is -2.79. The van der Waals surface area contributed by atoms with Crippen molar-refractivity contribution in [2.24, 2.45) is 0 Å². The minimum absolute atomic E-state index is 0.0690. The molecule has 0 saturated carbocycles. The van der Waals surface area contributed by atoms with E-state index >= 15 is 0 Å². The minimum atomic E-state index is -3.74. The van der Waals surface area contributed by atoms with E-state index in [1.165, 1.54) is 27.8 Å². The Labute approximate surface area is 184 Å². The van der Waals surface area contributed by atoms with Crippen molar-refractivity contribution in [3.8, 4) is 11.5 Å². The summed E-state index contributed by atoms with van der Waals surface area (Å²) in [5.41, 5.74) is 0.503. The number of hydrogen-bond donors (Lipinski definition) is 1. The van der Waals surface area contributed by atoms with Crippen molar-refractivity contribution in [3.63, 3.8) is 0 Å². The second kappa shape index (κ2) is 9.15. The number of rotatable bonds is 6. The molecule has 1 aromatic heterocycles. The van der Waals surface area contributed by atoms with Crippen LogP contribution in [0.2, 0.25) is 0 Å². The van der Waals surface area contributed by atoms with Gasteiger partial charge in [-0.2, -0.15) is 4.31 Å². The number of hydrogen-bond acceptors (Lipinski definition) is 7. The number of amides is 1. The standard InChI is InChI=1S/C21H21N3O5S2/c1-15-22-19(14-30-15)21(25)23-18-13-17(31(26,27)24-9-11-28-12-10-24)7-8-20(18)29-16-5-3-2-4-6-16/h2-8,13-14H,9-12H2,1H3,(H,23,25). The zero-order chi connectivity index (χ0) is 21.8. The first kappa shape index (κ1) is 21.4. The molecular formula is C21H21N3O5S2. The summed E-state index contributed by atoms with van der Waals surface area (Å²) in [5.74, 6) is 0.446. The van der Waals surface area contributed by atoms with Crippen molar-refractivity contribution < 1.29 is 22.7 Å². The van der Waals surface area contributed by atoms with E-state index in [0.717, 1.165) is 5.01 Å². The van der Waals surface area contributed by atoms with E-state index in [4.69, 9.17) is 9.47 Å². The molecule has 0 bridgehead atoms. The van der Waals surface area contributed by atoms with Gasteiger partial charge < -0.3 is 14.8 Å². The number of sulfonamides is 1. The van der Waals surface area contributed by atoms with Crippen molar-refractivity contribution in [1.82, 2.24) is 9.29 Å². The van der Waals surface area contributed by atoms with E-state index < -0.39 is 15.9 Å². The van der Waals surface area contributed by atoms with Crippen LogP contribution in [0.5, 0.6) is 11.5 Å². The fourth-order valence-corrected chi connectivity index (χ4v) is 5.09. The molecule has 1 aliphatic heterocycles. The highest BCUT2D eigenvalue weighted by atomic mass is 32.2. The maximum Gasteiger partial charge on any atom is 0.275 e. The van der Waals surface area contributed by atoms with Crippen LogP contribution >= 0.6 is 11.3 Å². The van der Waals surface area contributed by atoms with Gasteiger partial charge in [-0.15, -0.1) is 11.3 Å². The lowest BCUT2D eigenvalue weighted by Crippen LogP contribution is -2.40. The van der Waals surface area contributed by atoms with E-state index in [-0.39, 0.29) is 29.4 Å². The van der Waals surface area contributed by atoms with Gasteiger partial charge in [0.15, 0.2) is 5.75 Å².